The van der Waals surface area contributed by atoms with Gasteiger partial charge in [-0.3, -0.25) is 10.1 Å². The molecule has 20 heavy (non-hydrogen) atoms. The monoisotopic (exact) mass is 280 g/mol. The van der Waals surface area contributed by atoms with Gasteiger partial charge in [0.1, 0.15) is 5.75 Å². The van der Waals surface area contributed by atoms with Crippen LogP contribution in [0.25, 0.3) is 0 Å². The third-order valence-corrected chi connectivity index (χ3v) is 3.78. The molecule has 2 rings (SSSR count). The topological polar surface area (TPSA) is 84.6 Å². The molecule has 1 aliphatic carbocycles. The number of benzene rings is 1. The maximum Gasteiger partial charge on any atom is 0.270 e. The van der Waals surface area contributed by atoms with Crippen molar-refractivity contribution in [1.82, 2.24) is 5.32 Å². The summed E-state index contributed by atoms with van der Waals surface area (Å²) in [6.07, 6.45) is 3.73. The number of nitrogens with zero attached hydrogens (tertiary/aromatic N) is 1. The number of hydrogen-bond acceptors (Lipinski definition) is 5. The zero-order chi connectivity index (χ0) is 14.6. The summed E-state index contributed by atoms with van der Waals surface area (Å²) in [5, 5.41) is 24.2. The second kappa shape index (κ2) is 6.19. The first-order chi connectivity index (χ1) is 9.54. The zero-order valence-corrected chi connectivity index (χ0v) is 11.6. The molecule has 0 atom stereocenters. The van der Waals surface area contributed by atoms with Crippen LogP contribution < -0.4 is 10.1 Å². The van der Waals surface area contributed by atoms with Crippen LogP contribution in [0, 0.1) is 10.1 Å². The molecule has 2 N–H and O–H groups in total. The lowest BCUT2D eigenvalue weighted by Gasteiger charge is -2.22. The van der Waals surface area contributed by atoms with E-state index in [4.69, 9.17) is 4.74 Å². The summed E-state index contributed by atoms with van der Waals surface area (Å²) in [5.41, 5.74) is 0.138. The van der Waals surface area contributed by atoms with E-state index in [0.29, 0.717) is 18.8 Å². The molecule has 1 fully saturated rings. The number of hydrogen-bond donors (Lipinski definition) is 2. The molecule has 6 heteroatoms. The number of ether oxygens (including phenoxy) is 1. The largest absolute Gasteiger partial charge is 0.496 e. The minimum atomic E-state index is -0.631. The quantitative estimate of drug-likeness (QED) is 0.615. The van der Waals surface area contributed by atoms with Gasteiger partial charge in [0.15, 0.2) is 0 Å². The molecule has 0 saturated heterocycles. The van der Waals surface area contributed by atoms with Crippen LogP contribution in [0.1, 0.15) is 31.2 Å². The van der Waals surface area contributed by atoms with Gasteiger partial charge >= 0.3 is 0 Å². The first kappa shape index (κ1) is 14.7. The van der Waals surface area contributed by atoms with E-state index < -0.39 is 10.5 Å². The average molecular weight is 280 g/mol. The highest BCUT2D eigenvalue weighted by Crippen LogP contribution is 2.29. The van der Waals surface area contributed by atoms with E-state index in [0.717, 1.165) is 31.2 Å². The Morgan fingerprint density at radius 2 is 2.15 bits per heavy atom. The lowest BCUT2D eigenvalue weighted by atomic mass is 10.0. The number of rotatable bonds is 6. The summed E-state index contributed by atoms with van der Waals surface area (Å²) in [5.74, 6) is 0.613. The molecular formula is C14H20N2O4. The molecular weight excluding hydrogens is 260 g/mol. The number of methoxy groups -OCH3 is 1. The highest BCUT2D eigenvalue weighted by Gasteiger charge is 2.30. The summed E-state index contributed by atoms with van der Waals surface area (Å²) < 4.78 is 5.20. The summed E-state index contributed by atoms with van der Waals surface area (Å²) in [4.78, 5) is 10.4. The fraction of sp³-hybridized carbons (Fsp3) is 0.571. The lowest BCUT2D eigenvalue weighted by Crippen LogP contribution is -2.37. The van der Waals surface area contributed by atoms with Crippen molar-refractivity contribution in [1.29, 1.82) is 0 Å². The third-order valence-electron chi connectivity index (χ3n) is 3.78. The van der Waals surface area contributed by atoms with Gasteiger partial charge in [0, 0.05) is 30.8 Å². The maximum absolute atomic E-state index is 10.8. The summed E-state index contributed by atoms with van der Waals surface area (Å²) in [7, 11) is 1.54. The summed E-state index contributed by atoms with van der Waals surface area (Å²) >= 11 is 0. The van der Waals surface area contributed by atoms with E-state index in [1.54, 1.807) is 6.07 Å². The molecule has 0 bridgehead atoms. The molecule has 1 aromatic rings. The SMILES string of the molecule is COc1ccc([N+](=O)[O-])cc1CNCC1(O)CCCC1. The van der Waals surface area contributed by atoms with Crippen LogP contribution in [0.15, 0.2) is 18.2 Å². The molecule has 0 spiro atoms. The first-order valence-electron chi connectivity index (χ1n) is 6.78. The Balaban J connectivity index is 2.00. The van der Waals surface area contributed by atoms with Crippen LogP contribution in [-0.4, -0.2) is 29.3 Å². The Morgan fingerprint density at radius 1 is 1.45 bits per heavy atom. The van der Waals surface area contributed by atoms with Gasteiger partial charge in [-0.25, -0.2) is 0 Å². The van der Waals surface area contributed by atoms with Crippen LogP contribution in [0.3, 0.4) is 0 Å². The van der Waals surface area contributed by atoms with E-state index in [9.17, 15) is 15.2 Å². The van der Waals surface area contributed by atoms with Crippen molar-refractivity contribution in [2.75, 3.05) is 13.7 Å². The second-order valence-electron chi connectivity index (χ2n) is 5.29. The van der Waals surface area contributed by atoms with Gasteiger partial charge in [-0.15, -0.1) is 0 Å². The van der Waals surface area contributed by atoms with Crippen molar-refractivity contribution in [3.8, 4) is 5.75 Å². The van der Waals surface area contributed by atoms with Gasteiger partial charge in [0.2, 0.25) is 0 Å². The molecule has 6 nitrogen and oxygen atoms in total. The smallest absolute Gasteiger partial charge is 0.270 e. The summed E-state index contributed by atoms with van der Waals surface area (Å²) in [6, 6.07) is 4.52. The molecule has 0 radical (unpaired) electrons. The Labute approximate surface area is 117 Å². The van der Waals surface area contributed by atoms with Crippen molar-refractivity contribution < 1.29 is 14.8 Å². The van der Waals surface area contributed by atoms with E-state index in [2.05, 4.69) is 5.32 Å². The zero-order valence-electron chi connectivity index (χ0n) is 11.6. The Bertz CT molecular complexity index is 484. The number of nitro benzene ring substituents is 1. The van der Waals surface area contributed by atoms with Crippen LogP contribution in [0.4, 0.5) is 5.69 Å². The minimum absolute atomic E-state index is 0.0437. The van der Waals surface area contributed by atoms with Gasteiger partial charge in [-0.1, -0.05) is 12.8 Å². The van der Waals surface area contributed by atoms with Crippen molar-refractivity contribution in [3.05, 3.63) is 33.9 Å². The molecule has 0 amide bonds. The molecule has 1 aromatic carbocycles. The predicted octanol–water partition coefficient (Wildman–Crippen LogP) is 2.00. The van der Waals surface area contributed by atoms with Crippen LogP contribution in [0.2, 0.25) is 0 Å². The molecule has 0 aromatic heterocycles. The fourth-order valence-corrected chi connectivity index (χ4v) is 2.66. The Hall–Kier alpha value is -1.66. The van der Waals surface area contributed by atoms with Gasteiger partial charge < -0.3 is 15.2 Å². The highest BCUT2D eigenvalue weighted by molar-refractivity contribution is 5.43. The highest BCUT2D eigenvalue weighted by atomic mass is 16.6. The number of nitro groups is 1. The predicted molar refractivity (Wildman–Crippen MR) is 74.8 cm³/mol. The lowest BCUT2D eigenvalue weighted by molar-refractivity contribution is -0.384. The third kappa shape index (κ3) is 3.46. The number of aliphatic hydroxyl groups is 1. The number of non-ortho nitro benzene ring substituents is 1. The average Bonchev–Trinajstić information content (AvgIpc) is 2.85. The van der Waals surface area contributed by atoms with E-state index in [-0.39, 0.29) is 5.69 Å². The van der Waals surface area contributed by atoms with E-state index in [1.807, 2.05) is 0 Å². The second-order valence-corrected chi connectivity index (χ2v) is 5.29. The van der Waals surface area contributed by atoms with Crippen molar-refractivity contribution in [3.63, 3.8) is 0 Å². The van der Waals surface area contributed by atoms with Gasteiger partial charge in [-0.2, -0.15) is 0 Å². The standard InChI is InChI=1S/C14H20N2O4/c1-20-13-5-4-12(16(18)19)8-11(13)9-15-10-14(17)6-2-3-7-14/h4-5,8,15,17H,2-3,6-7,9-10H2,1H3. The molecule has 0 aliphatic heterocycles. The van der Waals surface area contributed by atoms with Crippen molar-refractivity contribution in [2.24, 2.45) is 0 Å². The van der Waals surface area contributed by atoms with Gasteiger partial charge in [0.25, 0.3) is 5.69 Å². The normalized spacial score (nSPS) is 17.1. The summed E-state index contributed by atoms with van der Waals surface area (Å²) in [6.45, 7) is 0.937. The van der Waals surface area contributed by atoms with Gasteiger partial charge in [-0.05, 0) is 18.9 Å². The Morgan fingerprint density at radius 3 is 2.75 bits per heavy atom. The van der Waals surface area contributed by atoms with Crippen LogP contribution >= 0.6 is 0 Å². The molecule has 1 aliphatic rings. The number of nitrogens with one attached hydrogen (secondary N) is 1. The molecule has 0 unspecified atom stereocenters. The van der Waals surface area contributed by atoms with Crippen molar-refractivity contribution >= 4 is 5.69 Å². The minimum Gasteiger partial charge on any atom is -0.496 e. The van der Waals surface area contributed by atoms with Crippen molar-refractivity contribution in [2.45, 2.75) is 37.8 Å². The molecule has 110 valence electrons. The Kier molecular flexibility index (Phi) is 4.57. The van der Waals surface area contributed by atoms with E-state index in [1.165, 1.54) is 19.2 Å². The molecule has 0 heterocycles. The van der Waals surface area contributed by atoms with Crippen LogP contribution in [0.5, 0.6) is 5.75 Å². The fourth-order valence-electron chi connectivity index (χ4n) is 2.66. The van der Waals surface area contributed by atoms with Crippen LogP contribution in [-0.2, 0) is 6.54 Å². The van der Waals surface area contributed by atoms with Gasteiger partial charge in [0.05, 0.1) is 17.6 Å². The van der Waals surface area contributed by atoms with E-state index >= 15 is 0 Å². The maximum atomic E-state index is 10.8. The molecule has 1 saturated carbocycles. The first-order valence-corrected chi connectivity index (χ1v) is 6.78.